The number of nitrogens with one attached hydrogen (secondary N) is 1. The number of hydrogen-bond acceptors (Lipinski definition) is 3. The van der Waals surface area contributed by atoms with E-state index in [0.29, 0.717) is 25.6 Å². The smallest absolute Gasteiger partial charge is 0.194 e. The van der Waals surface area contributed by atoms with Gasteiger partial charge in [0.2, 0.25) is 0 Å². The minimum absolute atomic E-state index is 0.179. The molecule has 1 heterocycles. The number of guanidine groups is 1. The van der Waals surface area contributed by atoms with Crippen LogP contribution in [0.4, 0.5) is 0 Å². The zero-order chi connectivity index (χ0) is 18.7. The summed E-state index contributed by atoms with van der Waals surface area (Å²) in [4.78, 5) is 6.86. The van der Waals surface area contributed by atoms with Gasteiger partial charge in [-0.25, -0.2) is 8.42 Å². The lowest BCUT2D eigenvalue weighted by Gasteiger charge is -2.39. The largest absolute Gasteiger partial charge is 0.357 e. The second-order valence-corrected chi connectivity index (χ2v) is 10.2. The highest BCUT2D eigenvalue weighted by Crippen LogP contribution is 2.24. The van der Waals surface area contributed by atoms with Crippen molar-refractivity contribution in [2.24, 2.45) is 4.99 Å². The minimum Gasteiger partial charge on any atom is -0.357 e. The van der Waals surface area contributed by atoms with Gasteiger partial charge in [-0.2, -0.15) is 0 Å². The predicted molar refractivity (Wildman–Crippen MR) is 105 cm³/mol. The van der Waals surface area contributed by atoms with Crippen LogP contribution in [-0.2, 0) is 9.84 Å². The molecule has 0 bridgehead atoms. The van der Waals surface area contributed by atoms with Crippen LogP contribution in [0.2, 0.25) is 0 Å². The first-order chi connectivity index (χ1) is 11.7. The molecular formula is C19H31N3O2S. The maximum atomic E-state index is 12.2. The molecular weight excluding hydrogens is 334 g/mol. The quantitative estimate of drug-likeness (QED) is 0.658. The highest BCUT2D eigenvalue weighted by molar-refractivity contribution is 7.92. The van der Waals surface area contributed by atoms with Crippen molar-refractivity contribution in [2.45, 2.75) is 45.3 Å². The molecule has 140 valence electrons. The van der Waals surface area contributed by atoms with Crippen LogP contribution in [0.25, 0.3) is 0 Å². The molecule has 0 saturated carbocycles. The molecule has 1 unspecified atom stereocenters. The van der Waals surface area contributed by atoms with Gasteiger partial charge in [-0.1, -0.05) is 36.8 Å². The molecule has 0 aromatic heterocycles. The standard InChI is InChI=1S/C19H31N3O2S/c1-6-20-18(22-11-12-25(23,24)19(4,5)14-22)21-13-16(3)17-9-7-15(2)8-10-17/h7-10,16H,6,11-14H2,1-5H3,(H,20,21). The van der Waals surface area contributed by atoms with Crippen LogP contribution < -0.4 is 5.32 Å². The summed E-state index contributed by atoms with van der Waals surface area (Å²) >= 11 is 0. The van der Waals surface area contributed by atoms with E-state index in [9.17, 15) is 8.42 Å². The molecule has 1 saturated heterocycles. The average molecular weight is 366 g/mol. The van der Waals surface area contributed by atoms with Gasteiger partial charge in [0.15, 0.2) is 15.8 Å². The molecule has 1 fully saturated rings. The Morgan fingerprint density at radius 3 is 2.52 bits per heavy atom. The van der Waals surface area contributed by atoms with Gasteiger partial charge in [-0.05, 0) is 33.3 Å². The molecule has 0 amide bonds. The molecule has 25 heavy (non-hydrogen) atoms. The lowest BCUT2D eigenvalue weighted by Crippen LogP contribution is -2.57. The summed E-state index contributed by atoms with van der Waals surface area (Å²) in [5.74, 6) is 1.30. The highest BCUT2D eigenvalue weighted by atomic mass is 32.2. The molecule has 5 nitrogen and oxygen atoms in total. The Bertz CT molecular complexity index is 709. The number of aliphatic imine (C=N–C) groups is 1. The molecule has 1 aliphatic rings. The van der Waals surface area contributed by atoms with E-state index in [4.69, 9.17) is 4.99 Å². The van der Waals surface area contributed by atoms with Gasteiger partial charge in [0.25, 0.3) is 0 Å². The Labute approximate surface area is 152 Å². The molecule has 6 heteroatoms. The van der Waals surface area contributed by atoms with Gasteiger partial charge in [0, 0.05) is 32.1 Å². The lowest BCUT2D eigenvalue weighted by atomic mass is 10.0. The van der Waals surface area contributed by atoms with Gasteiger partial charge >= 0.3 is 0 Å². The Balaban J connectivity index is 2.12. The highest BCUT2D eigenvalue weighted by Gasteiger charge is 2.40. The van der Waals surface area contributed by atoms with Crippen molar-refractivity contribution in [3.63, 3.8) is 0 Å². The van der Waals surface area contributed by atoms with Crippen molar-refractivity contribution in [3.05, 3.63) is 35.4 Å². The van der Waals surface area contributed by atoms with E-state index in [1.54, 1.807) is 13.8 Å². The molecule has 1 aromatic rings. The fourth-order valence-corrected chi connectivity index (χ4v) is 4.34. The van der Waals surface area contributed by atoms with E-state index in [1.807, 2.05) is 6.92 Å². The zero-order valence-electron chi connectivity index (χ0n) is 16.0. The monoisotopic (exact) mass is 365 g/mol. The van der Waals surface area contributed by atoms with Gasteiger partial charge < -0.3 is 10.2 Å². The van der Waals surface area contributed by atoms with Crippen molar-refractivity contribution < 1.29 is 8.42 Å². The maximum Gasteiger partial charge on any atom is 0.194 e. The lowest BCUT2D eigenvalue weighted by molar-refractivity contribution is 0.353. The van der Waals surface area contributed by atoms with E-state index in [2.05, 4.69) is 48.3 Å². The zero-order valence-corrected chi connectivity index (χ0v) is 16.9. The predicted octanol–water partition coefficient (Wildman–Crippen LogP) is 2.57. The van der Waals surface area contributed by atoms with Crippen LogP contribution >= 0.6 is 0 Å². The number of rotatable bonds is 4. The van der Waals surface area contributed by atoms with Crippen molar-refractivity contribution in [1.82, 2.24) is 10.2 Å². The number of aryl methyl sites for hydroxylation is 1. The number of hydrogen-bond donors (Lipinski definition) is 1. The van der Waals surface area contributed by atoms with Crippen LogP contribution in [0.15, 0.2) is 29.3 Å². The average Bonchev–Trinajstić information content (AvgIpc) is 2.54. The van der Waals surface area contributed by atoms with Gasteiger partial charge in [-0.15, -0.1) is 0 Å². The third-order valence-electron chi connectivity index (χ3n) is 4.84. The Kier molecular flexibility index (Phi) is 6.14. The summed E-state index contributed by atoms with van der Waals surface area (Å²) in [6.07, 6.45) is 0. The molecule has 1 aliphatic heterocycles. The van der Waals surface area contributed by atoms with Crippen molar-refractivity contribution in [1.29, 1.82) is 0 Å². The van der Waals surface area contributed by atoms with Crippen LogP contribution in [-0.4, -0.2) is 56.0 Å². The summed E-state index contributed by atoms with van der Waals surface area (Å²) in [7, 11) is -3.05. The third kappa shape index (κ3) is 4.75. The fraction of sp³-hybridized carbons (Fsp3) is 0.632. The summed E-state index contributed by atoms with van der Waals surface area (Å²) in [6, 6.07) is 8.55. The number of benzene rings is 1. The van der Waals surface area contributed by atoms with Crippen LogP contribution in [0.3, 0.4) is 0 Å². The maximum absolute atomic E-state index is 12.2. The molecule has 0 radical (unpaired) electrons. The first kappa shape index (κ1) is 19.8. The second kappa shape index (κ2) is 7.77. The van der Waals surface area contributed by atoms with Crippen molar-refractivity contribution in [3.8, 4) is 0 Å². The normalized spacial score (nSPS) is 21.0. The van der Waals surface area contributed by atoms with E-state index in [1.165, 1.54) is 11.1 Å². The summed E-state index contributed by atoms with van der Waals surface area (Å²) in [5.41, 5.74) is 2.52. The third-order valence-corrected chi connectivity index (χ3v) is 7.37. The van der Waals surface area contributed by atoms with Crippen molar-refractivity contribution in [2.75, 3.05) is 31.9 Å². The van der Waals surface area contributed by atoms with Gasteiger partial charge in [0.05, 0.1) is 10.5 Å². The number of nitrogens with zero attached hydrogens (tertiary/aromatic N) is 2. The summed E-state index contributed by atoms with van der Waals surface area (Å²) in [6.45, 7) is 12.3. The van der Waals surface area contributed by atoms with E-state index < -0.39 is 14.6 Å². The van der Waals surface area contributed by atoms with Crippen molar-refractivity contribution >= 4 is 15.8 Å². The molecule has 1 atom stereocenters. The Hall–Kier alpha value is -1.56. The van der Waals surface area contributed by atoms with E-state index in [0.717, 1.165) is 12.5 Å². The fourth-order valence-electron chi connectivity index (χ4n) is 2.97. The molecule has 1 aromatic carbocycles. The molecule has 2 rings (SSSR count). The van der Waals surface area contributed by atoms with Gasteiger partial charge in [0.1, 0.15) is 0 Å². The van der Waals surface area contributed by atoms with E-state index in [-0.39, 0.29) is 5.75 Å². The van der Waals surface area contributed by atoms with Crippen LogP contribution in [0.1, 0.15) is 44.7 Å². The SMILES string of the molecule is CCNC(=NCC(C)c1ccc(C)cc1)N1CCS(=O)(=O)C(C)(C)C1. The summed E-state index contributed by atoms with van der Waals surface area (Å²) in [5, 5.41) is 3.31. The van der Waals surface area contributed by atoms with Crippen LogP contribution in [0.5, 0.6) is 0 Å². The first-order valence-electron chi connectivity index (χ1n) is 8.98. The van der Waals surface area contributed by atoms with Gasteiger partial charge in [-0.3, -0.25) is 4.99 Å². The Morgan fingerprint density at radius 2 is 1.96 bits per heavy atom. The minimum atomic E-state index is -3.05. The molecule has 0 aliphatic carbocycles. The molecule has 0 spiro atoms. The van der Waals surface area contributed by atoms with E-state index >= 15 is 0 Å². The Morgan fingerprint density at radius 1 is 1.32 bits per heavy atom. The summed E-state index contributed by atoms with van der Waals surface area (Å²) < 4.78 is 23.7. The second-order valence-electron chi connectivity index (χ2n) is 7.51. The topological polar surface area (TPSA) is 61.8 Å². The number of sulfone groups is 1. The molecule has 1 N–H and O–H groups in total. The first-order valence-corrected chi connectivity index (χ1v) is 10.6. The van der Waals surface area contributed by atoms with Crippen LogP contribution in [0, 0.1) is 6.92 Å².